The zero-order valence-electron chi connectivity index (χ0n) is 18.7. The number of urea groups is 1. The van der Waals surface area contributed by atoms with Crippen molar-refractivity contribution in [2.75, 3.05) is 6.54 Å². The van der Waals surface area contributed by atoms with Crippen molar-refractivity contribution >= 4 is 11.6 Å². The number of amides is 2. The van der Waals surface area contributed by atoms with Crippen LogP contribution < -0.4 is 5.32 Å². The molecule has 0 spiro atoms. The van der Waals surface area contributed by atoms with E-state index in [0.717, 1.165) is 23.2 Å². The van der Waals surface area contributed by atoms with Crippen LogP contribution in [0.5, 0.6) is 0 Å². The second-order valence-electron chi connectivity index (χ2n) is 8.41. The van der Waals surface area contributed by atoms with Gasteiger partial charge in [0.05, 0.1) is 11.6 Å². The highest BCUT2D eigenvalue weighted by molar-refractivity contribution is 5.86. The molecular weight excluding hydrogens is 407 g/mol. The molecule has 1 N–H and O–H groups in total. The standard InChI is InChI=1S/C25H27FN4O2/c1-5-17-6-8-19(9-7-17)23-28-24(32-29-23)21-16(4)30(14-15(2)3)25(31)27-22(21)18-10-12-20(26)13-11-18/h6-13,15,22H,5,14H2,1-4H3,(H,27,31). The fraction of sp³-hybridized carbons (Fsp3) is 0.320. The zero-order valence-corrected chi connectivity index (χ0v) is 18.7. The van der Waals surface area contributed by atoms with Crippen molar-refractivity contribution in [3.63, 3.8) is 0 Å². The Morgan fingerprint density at radius 2 is 1.81 bits per heavy atom. The molecule has 3 aromatic rings. The Labute approximate surface area is 187 Å². The summed E-state index contributed by atoms with van der Waals surface area (Å²) in [4.78, 5) is 19.2. The Bertz CT molecular complexity index is 1130. The number of carbonyl (C=O) groups excluding carboxylic acids is 1. The topological polar surface area (TPSA) is 71.3 Å². The molecular formula is C25H27FN4O2. The number of rotatable bonds is 6. The molecule has 0 radical (unpaired) electrons. The van der Waals surface area contributed by atoms with E-state index in [1.807, 2.05) is 31.2 Å². The van der Waals surface area contributed by atoms with Crippen molar-refractivity contribution in [3.05, 3.63) is 77.1 Å². The Balaban J connectivity index is 1.78. The molecule has 2 heterocycles. The maximum absolute atomic E-state index is 13.5. The summed E-state index contributed by atoms with van der Waals surface area (Å²) < 4.78 is 19.2. The maximum atomic E-state index is 13.5. The van der Waals surface area contributed by atoms with Gasteiger partial charge in [-0.3, -0.25) is 4.90 Å². The third-order valence-electron chi connectivity index (χ3n) is 5.62. The van der Waals surface area contributed by atoms with Crippen LogP contribution in [0, 0.1) is 11.7 Å². The van der Waals surface area contributed by atoms with Crippen molar-refractivity contribution in [2.45, 2.75) is 40.2 Å². The van der Waals surface area contributed by atoms with Gasteiger partial charge in [0, 0.05) is 17.8 Å². The molecule has 0 fully saturated rings. The Morgan fingerprint density at radius 1 is 1.12 bits per heavy atom. The van der Waals surface area contributed by atoms with Crippen molar-refractivity contribution in [2.24, 2.45) is 5.92 Å². The number of benzene rings is 2. The molecule has 1 aliphatic rings. The van der Waals surface area contributed by atoms with Crippen LogP contribution in [0.3, 0.4) is 0 Å². The van der Waals surface area contributed by atoms with Crippen LogP contribution in [0.15, 0.2) is 58.8 Å². The van der Waals surface area contributed by atoms with E-state index in [1.54, 1.807) is 17.0 Å². The molecule has 0 saturated carbocycles. The summed E-state index contributed by atoms with van der Waals surface area (Å²) in [6, 6.07) is 13.4. The normalized spacial score (nSPS) is 16.6. The first-order valence-electron chi connectivity index (χ1n) is 10.8. The number of aromatic nitrogens is 2. The summed E-state index contributed by atoms with van der Waals surface area (Å²) >= 11 is 0. The van der Waals surface area contributed by atoms with Crippen LogP contribution in [-0.2, 0) is 6.42 Å². The summed E-state index contributed by atoms with van der Waals surface area (Å²) in [5, 5.41) is 7.22. The molecule has 7 heteroatoms. The van der Waals surface area contributed by atoms with Gasteiger partial charge in [0.25, 0.3) is 5.89 Å². The molecule has 166 valence electrons. The second kappa shape index (κ2) is 8.94. The van der Waals surface area contributed by atoms with E-state index in [4.69, 9.17) is 4.52 Å². The van der Waals surface area contributed by atoms with E-state index >= 15 is 0 Å². The highest BCUT2D eigenvalue weighted by Crippen LogP contribution is 2.37. The molecule has 1 atom stereocenters. The molecule has 0 aliphatic carbocycles. The molecule has 1 aliphatic heterocycles. The first kappa shape index (κ1) is 21.7. The van der Waals surface area contributed by atoms with Gasteiger partial charge in [-0.15, -0.1) is 0 Å². The number of carbonyl (C=O) groups is 1. The lowest BCUT2D eigenvalue weighted by Gasteiger charge is -2.36. The minimum absolute atomic E-state index is 0.204. The van der Waals surface area contributed by atoms with Gasteiger partial charge in [-0.05, 0) is 42.5 Å². The zero-order chi connectivity index (χ0) is 22.8. The van der Waals surface area contributed by atoms with Crippen LogP contribution in [-0.4, -0.2) is 27.6 Å². The molecule has 4 rings (SSSR count). The third kappa shape index (κ3) is 4.28. The van der Waals surface area contributed by atoms with Crippen LogP contribution in [0.1, 0.15) is 50.8 Å². The van der Waals surface area contributed by atoms with Gasteiger partial charge in [0.15, 0.2) is 0 Å². The largest absolute Gasteiger partial charge is 0.334 e. The van der Waals surface area contributed by atoms with Crippen LogP contribution in [0.4, 0.5) is 9.18 Å². The van der Waals surface area contributed by atoms with Gasteiger partial charge in [-0.1, -0.05) is 62.3 Å². The maximum Gasteiger partial charge on any atom is 0.322 e. The molecule has 0 bridgehead atoms. The smallest absolute Gasteiger partial charge is 0.322 e. The SMILES string of the molecule is CCc1ccc(-c2noc(C3=C(C)N(CC(C)C)C(=O)NC3c3ccc(F)cc3)n2)cc1. The van der Waals surface area contributed by atoms with Gasteiger partial charge in [0.2, 0.25) is 5.82 Å². The molecule has 1 unspecified atom stereocenters. The van der Waals surface area contributed by atoms with E-state index in [9.17, 15) is 9.18 Å². The summed E-state index contributed by atoms with van der Waals surface area (Å²) in [5.41, 5.74) is 4.28. The predicted molar refractivity (Wildman–Crippen MR) is 121 cm³/mol. The first-order chi connectivity index (χ1) is 15.4. The molecule has 2 aromatic carbocycles. The van der Waals surface area contributed by atoms with E-state index in [0.29, 0.717) is 23.8 Å². The summed E-state index contributed by atoms with van der Waals surface area (Å²) in [6.07, 6.45) is 0.953. The van der Waals surface area contributed by atoms with Gasteiger partial charge < -0.3 is 9.84 Å². The summed E-state index contributed by atoms with van der Waals surface area (Å²) in [5.74, 6) is 0.748. The lowest BCUT2D eigenvalue weighted by Crippen LogP contribution is -2.47. The van der Waals surface area contributed by atoms with Gasteiger partial charge in [0.1, 0.15) is 5.82 Å². The molecule has 0 saturated heterocycles. The average molecular weight is 435 g/mol. The Kier molecular flexibility index (Phi) is 6.08. The van der Waals surface area contributed by atoms with E-state index in [2.05, 4.69) is 36.2 Å². The fourth-order valence-corrected chi connectivity index (χ4v) is 3.89. The Morgan fingerprint density at radius 3 is 2.44 bits per heavy atom. The van der Waals surface area contributed by atoms with Crippen LogP contribution >= 0.6 is 0 Å². The van der Waals surface area contributed by atoms with Crippen molar-refractivity contribution < 1.29 is 13.7 Å². The minimum atomic E-state index is -0.526. The highest BCUT2D eigenvalue weighted by atomic mass is 19.1. The van der Waals surface area contributed by atoms with Gasteiger partial charge in [-0.2, -0.15) is 4.98 Å². The first-order valence-corrected chi connectivity index (χ1v) is 10.8. The highest BCUT2D eigenvalue weighted by Gasteiger charge is 2.35. The number of hydrogen-bond acceptors (Lipinski definition) is 4. The number of nitrogens with zero attached hydrogens (tertiary/aromatic N) is 3. The third-order valence-corrected chi connectivity index (χ3v) is 5.62. The number of halogens is 1. The van der Waals surface area contributed by atoms with Crippen LogP contribution in [0.25, 0.3) is 17.0 Å². The average Bonchev–Trinajstić information content (AvgIpc) is 3.26. The lowest BCUT2D eigenvalue weighted by atomic mass is 9.94. The second-order valence-corrected chi connectivity index (χ2v) is 8.41. The van der Waals surface area contributed by atoms with E-state index in [-0.39, 0.29) is 17.8 Å². The summed E-state index contributed by atoms with van der Waals surface area (Å²) in [6.45, 7) is 8.64. The number of aryl methyl sites for hydroxylation is 1. The minimum Gasteiger partial charge on any atom is -0.334 e. The van der Waals surface area contributed by atoms with Crippen molar-refractivity contribution in [3.8, 4) is 11.4 Å². The van der Waals surface area contributed by atoms with E-state index < -0.39 is 6.04 Å². The number of nitrogens with one attached hydrogen (secondary N) is 1. The monoisotopic (exact) mass is 434 g/mol. The molecule has 32 heavy (non-hydrogen) atoms. The van der Waals surface area contributed by atoms with Crippen molar-refractivity contribution in [1.29, 1.82) is 0 Å². The summed E-state index contributed by atoms with van der Waals surface area (Å²) in [7, 11) is 0. The predicted octanol–water partition coefficient (Wildman–Crippen LogP) is 5.59. The number of allylic oxidation sites excluding steroid dienone is 1. The molecule has 6 nitrogen and oxygen atoms in total. The lowest BCUT2D eigenvalue weighted by molar-refractivity contribution is 0.199. The number of hydrogen-bond donors (Lipinski definition) is 1. The van der Waals surface area contributed by atoms with Crippen LogP contribution in [0.2, 0.25) is 0 Å². The molecule has 1 aromatic heterocycles. The molecule has 2 amide bonds. The van der Waals surface area contributed by atoms with Crippen molar-refractivity contribution in [1.82, 2.24) is 20.4 Å². The van der Waals surface area contributed by atoms with Gasteiger partial charge in [-0.25, -0.2) is 9.18 Å². The van der Waals surface area contributed by atoms with E-state index in [1.165, 1.54) is 17.7 Å². The van der Waals surface area contributed by atoms with Gasteiger partial charge >= 0.3 is 6.03 Å². The Hall–Kier alpha value is -3.48. The fourth-order valence-electron chi connectivity index (χ4n) is 3.89. The quantitative estimate of drug-likeness (QED) is 0.549.